The largest absolute Gasteiger partial charge is 0.491 e. The zero-order valence-corrected chi connectivity index (χ0v) is 16.4. The van der Waals surface area contributed by atoms with E-state index in [1.165, 1.54) is 6.07 Å². The molecule has 1 N–H and O–H groups in total. The number of fused-ring (bicyclic) bond motifs is 1. The Morgan fingerprint density at radius 1 is 1.11 bits per heavy atom. The van der Waals surface area contributed by atoms with Crippen LogP contribution in [0.5, 0.6) is 5.75 Å². The Kier molecular flexibility index (Phi) is 5.84. The third kappa shape index (κ3) is 4.50. The molecule has 6 nitrogen and oxygen atoms in total. The lowest BCUT2D eigenvalue weighted by molar-refractivity contribution is 0.146. The maximum atomic E-state index is 12.7. The molecular weight excluding hydrogens is 366 g/mol. The lowest BCUT2D eigenvalue weighted by Gasteiger charge is -2.14. The van der Waals surface area contributed by atoms with Crippen LogP contribution >= 0.6 is 0 Å². The van der Waals surface area contributed by atoms with Crippen molar-refractivity contribution in [1.82, 2.24) is 4.72 Å². The van der Waals surface area contributed by atoms with Crippen molar-refractivity contribution in [3.63, 3.8) is 0 Å². The SMILES string of the molecule is COCCOc1ccc(S(=O)(=O)N[C@@H](C)c2cc3ccccc3o2)cc1C. The molecule has 0 amide bonds. The minimum atomic E-state index is -3.70. The summed E-state index contributed by atoms with van der Waals surface area (Å²) in [6, 6.07) is 13.7. The van der Waals surface area contributed by atoms with E-state index in [4.69, 9.17) is 13.9 Å². The van der Waals surface area contributed by atoms with Gasteiger partial charge in [0.05, 0.1) is 17.5 Å². The lowest BCUT2D eigenvalue weighted by Crippen LogP contribution is -2.26. The standard InChI is InChI=1S/C20H23NO5S/c1-14-12-17(8-9-18(14)25-11-10-24-3)27(22,23)21-15(2)20-13-16-6-4-5-7-19(16)26-20/h4-9,12-13,15,21H,10-11H2,1-3H3/t15-/m0/s1. The number of hydrogen-bond acceptors (Lipinski definition) is 5. The molecule has 27 heavy (non-hydrogen) atoms. The average molecular weight is 389 g/mol. The number of ether oxygens (including phenoxy) is 2. The number of hydrogen-bond donors (Lipinski definition) is 1. The first kappa shape index (κ1) is 19.4. The number of benzene rings is 2. The van der Waals surface area contributed by atoms with Gasteiger partial charge < -0.3 is 13.9 Å². The second-order valence-corrected chi connectivity index (χ2v) is 8.01. The van der Waals surface area contributed by atoms with Crippen molar-refractivity contribution < 1.29 is 22.3 Å². The van der Waals surface area contributed by atoms with Crippen molar-refractivity contribution >= 4 is 21.0 Å². The molecule has 7 heteroatoms. The zero-order chi connectivity index (χ0) is 19.4. The van der Waals surface area contributed by atoms with Crippen molar-refractivity contribution in [2.75, 3.05) is 20.3 Å². The third-order valence-electron chi connectivity index (χ3n) is 4.21. The van der Waals surface area contributed by atoms with Crippen LogP contribution in [0.25, 0.3) is 11.0 Å². The first-order chi connectivity index (χ1) is 12.9. The number of aryl methyl sites for hydroxylation is 1. The van der Waals surface area contributed by atoms with Gasteiger partial charge in [-0.25, -0.2) is 13.1 Å². The molecule has 2 aromatic carbocycles. The Labute approximate surface area is 159 Å². The molecule has 0 aliphatic heterocycles. The van der Waals surface area contributed by atoms with Crippen molar-refractivity contribution in [1.29, 1.82) is 0 Å². The second-order valence-electron chi connectivity index (χ2n) is 6.30. The van der Waals surface area contributed by atoms with Crippen LogP contribution in [0, 0.1) is 6.92 Å². The Morgan fingerprint density at radius 3 is 2.59 bits per heavy atom. The molecule has 0 radical (unpaired) electrons. The highest BCUT2D eigenvalue weighted by Gasteiger charge is 2.21. The molecule has 0 unspecified atom stereocenters. The number of nitrogens with one attached hydrogen (secondary N) is 1. The molecular formula is C20H23NO5S. The average Bonchev–Trinajstić information content (AvgIpc) is 3.07. The minimum Gasteiger partial charge on any atom is -0.491 e. The highest BCUT2D eigenvalue weighted by atomic mass is 32.2. The predicted octanol–water partition coefficient (Wildman–Crippen LogP) is 3.81. The highest BCUT2D eigenvalue weighted by Crippen LogP contribution is 2.26. The molecule has 144 valence electrons. The van der Waals surface area contributed by atoms with E-state index in [1.807, 2.05) is 37.3 Å². The molecule has 0 bridgehead atoms. The molecule has 1 heterocycles. The van der Waals surface area contributed by atoms with Crippen molar-refractivity contribution in [3.05, 3.63) is 59.9 Å². The van der Waals surface area contributed by atoms with E-state index in [0.29, 0.717) is 24.7 Å². The molecule has 3 rings (SSSR count). The lowest BCUT2D eigenvalue weighted by atomic mass is 10.2. The number of rotatable bonds is 8. The number of furan rings is 1. The summed E-state index contributed by atoms with van der Waals surface area (Å²) in [6.45, 7) is 4.44. The van der Waals surface area contributed by atoms with Gasteiger partial charge in [0.15, 0.2) is 0 Å². The van der Waals surface area contributed by atoms with Crippen LogP contribution in [-0.4, -0.2) is 28.7 Å². The van der Waals surface area contributed by atoms with Gasteiger partial charge in [0.2, 0.25) is 10.0 Å². The molecule has 0 aliphatic carbocycles. The highest BCUT2D eigenvalue weighted by molar-refractivity contribution is 7.89. The van der Waals surface area contributed by atoms with Gasteiger partial charge in [-0.3, -0.25) is 0 Å². The van der Waals surface area contributed by atoms with E-state index >= 15 is 0 Å². The smallest absolute Gasteiger partial charge is 0.241 e. The second kappa shape index (κ2) is 8.12. The molecule has 3 aromatic rings. The summed E-state index contributed by atoms with van der Waals surface area (Å²) in [4.78, 5) is 0.182. The van der Waals surface area contributed by atoms with Crippen LogP contribution in [0.2, 0.25) is 0 Å². The summed E-state index contributed by atoms with van der Waals surface area (Å²) >= 11 is 0. The summed E-state index contributed by atoms with van der Waals surface area (Å²) in [6.07, 6.45) is 0. The van der Waals surface area contributed by atoms with E-state index in [-0.39, 0.29) is 4.90 Å². The van der Waals surface area contributed by atoms with Crippen LogP contribution in [0.4, 0.5) is 0 Å². The quantitative estimate of drug-likeness (QED) is 0.593. The van der Waals surface area contributed by atoms with Gasteiger partial charge in [-0.1, -0.05) is 18.2 Å². The predicted molar refractivity (Wildman–Crippen MR) is 104 cm³/mol. The Balaban J connectivity index is 1.76. The monoisotopic (exact) mass is 389 g/mol. The van der Waals surface area contributed by atoms with Crippen LogP contribution in [-0.2, 0) is 14.8 Å². The topological polar surface area (TPSA) is 77.8 Å². The number of sulfonamides is 1. The molecule has 0 fully saturated rings. The van der Waals surface area contributed by atoms with Gasteiger partial charge >= 0.3 is 0 Å². The van der Waals surface area contributed by atoms with Crippen LogP contribution < -0.4 is 9.46 Å². The van der Waals surface area contributed by atoms with E-state index in [1.54, 1.807) is 26.2 Å². The van der Waals surface area contributed by atoms with Crippen LogP contribution in [0.3, 0.4) is 0 Å². The third-order valence-corrected chi connectivity index (χ3v) is 5.74. The maximum Gasteiger partial charge on any atom is 0.241 e. The van der Waals surface area contributed by atoms with E-state index in [9.17, 15) is 8.42 Å². The summed E-state index contributed by atoms with van der Waals surface area (Å²) in [5.41, 5.74) is 1.47. The first-order valence-electron chi connectivity index (χ1n) is 8.64. The van der Waals surface area contributed by atoms with Gasteiger partial charge in [-0.05, 0) is 49.7 Å². The van der Waals surface area contributed by atoms with E-state index < -0.39 is 16.1 Å². The van der Waals surface area contributed by atoms with E-state index in [0.717, 1.165) is 16.5 Å². The Bertz CT molecular complexity index is 993. The van der Waals surface area contributed by atoms with Crippen molar-refractivity contribution in [2.24, 2.45) is 0 Å². The van der Waals surface area contributed by atoms with E-state index in [2.05, 4.69) is 4.72 Å². The molecule has 1 atom stereocenters. The minimum absolute atomic E-state index is 0.182. The summed E-state index contributed by atoms with van der Waals surface area (Å²) in [5, 5.41) is 0.937. The molecule has 0 aliphatic rings. The summed E-state index contributed by atoms with van der Waals surface area (Å²) in [7, 11) is -2.10. The first-order valence-corrected chi connectivity index (χ1v) is 10.1. The van der Waals surface area contributed by atoms with Gasteiger partial charge in [0.1, 0.15) is 23.7 Å². The fraction of sp³-hybridized carbons (Fsp3) is 0.300. The van der Waals surface area contributed by atoms with Gasteiger partial charge in [0.25, 0.3) is 0 Å². The summed E-state index contributed by atoms with van der Waals surface area (Å²) < 4.78 is 44.4. The normalized spacial score (nSPS) is 13.0. The van der Waals surface area contributed by atoms with Crippen LogP contribution in [0.15, 0.2) is 57.8 Å². The van der Waals surface area contributed by atoms with Crippen LogP contribution in [0.1, 0.15) is 24.3 Å². The van der Waals surface area contributed by atoms with Gasteiger partial charge in [-0.2, -0.15) is 0 Å². The maximum absolute atomic E-state index is 12.7. The molecule has 0 spiro atoms. The molecule has 1 aromatic heterocycles. The summed E-state index contributed by atoms with van der Waals surface area (Å²) in [5.74, 6) is 1.20. The number of para-hydroxylation sites is 1. The zero-order valence-electron chi connectivity index (χ0n) is 15.6. The fourth-order valence-corrected chi connectivity index (χ4v) is 4.06. The van der Waals surface area contributed by atoms with Gasteiger partial charge in [-0.15, -0.1) is 0 Å². The molecule has 0 saturated heterocycles. The van der Waals surface area contributed by atoms with Crippen molar-refractivity contribution in [2.45, 2.75) is 24.8 Å². The van der Waals surface area contributed by atoms with Gasteiger partial charge in [0, 0.05) is 12.5 Å². The fourth-order valence-electron chi connectivity index (χ4n) is 2.76. The Hall–Kier alpha value is -2.35. The molecule has 0 saturated carbocycles. The van der Waals surface area contributed by atoms with Crippen molar-refractivity contribution in [3.8, 4) is 5.75 Å². The Morgan fingerprint density at radius 2 is 1.89 bits per heavy atom. The number of methoxy groups -OCH3 is 1.